The Morgan fingerprint density at radius 2 is 1.68 bits per heavy atom. The first-order valence-corrected chi connectivity index (χ1v) is 10.9. The highest BCUT2D eigenvalue weighted by molar-refractivity contribution is 5.82. The van der Waals surface area contributed by atoms with Crippen LogP contribution < -0.4 is 10.5 Å². The van der Waals surface area contributed by atoms with Crippen LogP contribution in [0.5, 0.6) is 0 Å². The number of nitrogens with zero attached hydrogens (tertiary/aromatic N) is 4. The molecule has 0 saturated carbocycles. The molecule has 2 aromatic carbocycles. The molecule has 1 aliphatic rings. The number of fused-ring (bicyclic) bond motifs is 1. The zero-order chi connectivity index (χ0) is 22.1. The number of aryl methyl sites for hydroxylation is 1. The molecule has 1 fully saturated rings. The molecule has 162 valence electrons. The van der Waals surface area contributed by atoms with Gasteiger partial charge < -0.3 is 9.80 Å². The highest BCUT2D eigenvalue weighted by Crippen LogP contribution is 2.26. The Bertz CT molecular complexity index is 1160. The van der Waals surface area contributed by atoms with E-state index < -0.39 is 6.04 Å². The quantitative estimate of drug-likeness (QED) is 0.650. The maximum Gasteiger partial charge on any atom is 0.261 e. The molecule has 1 atom stereocenters. The van der Waals surface area contributed by atoms with E-state index in [1.165, 1.54) is 27.7 Å². The van der Waals surface area contributed by atoms with Crippen molar-refractivity contribution in [3.8, 4) is 0 Å². The predicted molar refractivity (Wildman–Crippen MR) is 125 cm³/mol. The molecule has 0 N–H and O–H groups in total. The van der Waals surface area contributed by atoms with Gasteiger partial charge in [-0.3, -0.25) is 14.2 Å². The van der Waals surface area contributed by atoms with Crippen LogP contribution in [0.3, 0.4) is 0 Å². The van der Waals surface area contributed by atoms with Crippen LogP contribution in [0.4, 0.5) is 5.69 Å². The van der Waals surface area contributed by atoms with Gasteiger partial charge in [-0.15, -0.1) is 0 Å². The van der Waals surface area contributed by atoms with E-state index in [-0.39, 0.29) is 17.4 Å². The van der Waals surface area contributed by atoms with Gasteiger partial charge in [0.2, 0.25) is 5.91 Å². The lowest BCUT2D eigenvalue weighted by Gasteiger charge is -2.39. The largest absolute Gasteiger partial charge is 0.368 e. The normalized spacial score (nSPS) is 15.5. The zero-order valence-electron chi connectivity index (χ0n) is 18.7. The summed E-state index contributed by atoms with van der Waals surface area (Å²) in [6.45, 7) is 11.1. The molecule has 3 aromatic rings. The number of carbonyl (C=O) groups excluding carboxylic acids is 1. The molecular weight excluding hydrogens is 388 g/mol. The van der Waals surface area contributed by atoms with Gasteiger partial charge in [-0.2, -0.15) is 0 Å². The fraction of sp³-hybridized carbons (Fsp3) is 0.400. The highest BCUT2D eigenvalue weighted by atomic mass is 16.2. The van der Waals surface area contributed by atoms with Gasteiger partial charge in [-0.1, -0.05) is 38.1 Å². The molecule has 1 aromatic heterocycles. The van der Waals surface area contributed by atoms with Crippen molar-refractivity contribution in [3.63, 3.8) is 0 Å². The minimum absolute atomic E-state index is 0.00482. The van der Waals surface area contributed by atoms with Gasteiger partial charge in [-0.25, -0.2) is 4.98 Å². The molecule has 6 heteroatoms. The van der Waals surface area contributed by atoms with Crippen molar-refractivity contribution in [1.82, 2.24) is 14.5 Å². The lowest BCUT2D eigenvalue weighted by atomic mass is 10.0. The summed E-state index contributed by atoms with van der Waals surface area (Å²) < 4.78 is 1.52. The van der Waals surface area contributed by atoms with E-state index in [4.69, 9.17) is 0 Å². The Morgan fingerprint density at radius 3 is 2.39 bits per heavy atom. The van der Waals surface area contributed by atoms with Gasteiger partial charge in [0, 0.05) is 31.9 Å². The summed E-state index contributed by atoms with van der Waals surface area (Å²) in [5.74, 6) is -0.0278. The molecular formula is C25H30N4O2. The number of anilines is 1. The number of piperazine rings is 1. The first-order chi connectivity index (χ1) is 14.9. The third-order valence-corrected chi connectivity index (χ3v) is 6.38. The van der Waals surface area contributed by atoms with Crippen LogP contribution >= 0.6 is 0 Å². The van der Waals surface area contributed by atoms with Crippen LogP contribution in [-0.4, -0.2) is 46.5 Å². The molecule has 2 heterocycles. The third-order valence-electron chi connectivity index (χ3n) is 6.38. The lowest BCUT2D eigenvalue weighted by Crippen LogP contribution is -2.52. The van der Waals surface area contributed by atoms with Gasteiger partial charge in [0.05, 0.1) is 17.2 Å². The highest BCUT2D eigenvalue weighted by Gasteiger charge is 2.32. The molecule has 0 bridgehead atoms. The minimum atomic E-state index is -0.558. The van der Waals surface area contributed by atoms with Gasteiger partial charge >= 0.3 is 0 Å². The molecule has 6 nitrogen and oxygen atoms in total. The van der Waals surface area contributed by atoms with Crippen molar-refractivity contribution in [3.05, 3.63) is 70.3 Å². The summed E-state index contributed by atoms with van der Waals surface area (Å²) in [4.78, 5) is 35.3. The van der Waals surface area contributed by atoms with E-state index in [9.17, 15) is 9.59 Å². The van der Waals surface area contributed by atoms with Gasteiger partial charge in [0.1, 0.15) is 6.04 Å². The Labute approximate surface area is 183 Å². The second-order valence-electron chi connectivity index (χ2n) is 8.69. The van der Waals surface area contributed by atoms with Crippen LogP contribution in [0.2, 0.25) is 0 Å². The SMILES string of the molecule is Cc1cccc(N2CCN(C(=O)[C@@H](C(C)C)n3cnc4ccccc4c3=O)CC2)c1C. The van der Waals surface area contributed by atoms with E-state index in [0.29, 0.717) is 24.0 Å². The number of hydrogen-bond acceptors (Lipinski definition) is 4. The maximum absolute atomic E-state index is 13.5. The third kappa shape index (κ3) is 3.94. The van der Waals surface area contributed by atoms with E-state index in [2.05, 4.69) is 41.9 Å². The summed E-state index contributed by atoms with van der Waals surface area (Å²) in [6.07, 6.45) is 1.53. The standard InChI is InChI=1S/C25H30N4O2/c1-17(2)23(29-16-26-21-10-6-5-9-20(21)24(29)30)25(31)28-14-12-27(13-15-28)22-11-7-8-18(3)19(22)4/h5-11,16-17,23H,12-15H2,1-4H3/t23-/m1/s1. The molecule has 0 radical (unpaired) electrons. The van der Waals surface area contributed by atoms with E-state index >= 15 is 0 Å². The summed E-state index contributed by atoms with van der Waals surface area (Å²) >= 11 is 0. The molecule has 4 rings (SSSR count). The van der Waals surface area contributed by atoms with Crippen LogP contribution in [0.15, 0.2) is 53.6 Å². The topological polar surface area (TPSA) is 58.4 Å². The summed E-state index contributed by atoms with van der Waals surface area (Å²) in [6, 6.07) is 13.1. The predicted octanol–water partition coefficient (Wildman–Crippen LogP) is 3.56. The van der Waals surface area contributed by atoms with Gasteiger partial charge in [-0.05, 0) is 49.1 Å². The number of rotatable bonds is 4. The minimum Gasteiger partial charge on any atom is -0.368 e. The molecule has 31 heavy (non-hydrogen) atoms. The summed E-state index contributed by atoms with van der Waals surface area (Å²) in [5, 5.41) is 0.545. The van der Waals surface area contributed by atoms with E-state index in [1.807, 2.05) is 36.9 Å². The molecule has 0 aliphatic carbocycles. The monoisotopic (exact) mass is 418 g/mol. The lowest BCUT2D eigenvalue weighted by molar-refractivity contribution is -0.136. The fourth-order valence-electron chi connectivity index (χ4n) is 4.44. The van der Waals surface area contributed by atoms with Crippen LogP contribution in [0.1, 0.15) is 31.0 Å². The maximum atomic E-state index is 13.5. The van der Waals surface area contributed by atoms with Gasteiger partial charge in [0.25, 0.3) is 5.56 Å². The van der Waals surface area contributed by atoms with Crippen molar-refractivity contribution in [1.29, 1.82) is 0 Å². The van der Waals surface area contributed by atoms with Crippen molar-refractivity contribution in [2.24, 2.45) is 5.92 Å². The zero-order valence-corrected chi connectivity index (χ0v) is 18.7. The molecule has 1 saturated heterocycles. The number of amides is 1. The van der Waals surface area contributed by atoms with Crippen LogP contribution in [0, 0.1) is 19.8 Å². The number of benzene rings is 2. The smallest absolute Gasteiger partial charge is 0.261 e. The summed E-state index contributed by atoms with van der Waals surface area (Å²) in [7, 11) is 0. The van der Waals surface area contributed by atoms with Crippen LogP contribution in [0.25, 0.3) is 10.9 Å². The van der Waals surface area contributed by atoms with Crippen molar-refractivity contribution < 1.29 is 4.79 Å². The first-order valence-electron chi connectivity index (χ1n) is 10.9. The Hall–Kier alpha value is -3.15. The Kier molecular flexibility index (Phi) is 5.81. The van der Waals surface area contributed by atoms with Crippen molar-refractivity contribution in [2.45, 2.75) is 33.7 Å². The van der Waals surface area contributed by atoms with Gasteiger partial charge in [0.15, 0.2) is 0 Å². The number of hydrogen-bond donors (Lipinski definition) is 0. The second kappa shape index (κ2) is 8.53. The molecule has 0 unspecified atom stereocenters. The van der Waals surface area contributed by atoms with Crippen LogP contribution in [-0.2, 0) is 4.79 Å². The van der Waals surface area contributed by atoms with E-state index in [1.54, 1.807) is 6.07 Å². The fourth-order valence-corrected chi connectivity index (χ4v) is 4.44. The molecule has 1 aliphatic heterocycles. The average Bonchev–Trinajstić information content (AvgIpc) is 2.77. The number of aromatic nitrogens is 2. The second-order valence-corrected chi connectivity index (χ2v) is 8.69. The van der Waals surface area contributed by atoms with E-state index in [0.717, 1.165) is 13.1 Å². The Morgan fingerprint density at radius 1 is 0.968 bits per heavy atom. The number of para-hydroxylation sites is 1. The van der Waals surface area contributed by atoms with Crippen molar-refractivity contribution >= 4 is 22.5 Å². The average molecular weight is 419 g/mol. The van der Waals surface area contributed by atoms with Crippen molar-refractivity contribution in [2.75, 3.05) is 31.1 Å². The molecule has 1 amide bonds. The first kappa shape index (κ1) is 21.1. The Balaban J connectivity index is 1.56. The summed E-state index contributed by atoms with van der Waals surface area (Å²) in [5.41, 5.74) is 4.30. The number of carbonyl (C=O) groups is 1. The molecule has 0 spiro atoms.